The fourth-order valence-corrected chi connectivity index (χ4v) is 2.19. The van der Waals surface area contributed by atoms with E-state index in [1.807, 2.05) is 0 Å². The average Bonchev–Trinajstić information content (AvgIpc) is 2.52. The van der Waals surface area contributed by atoms with Gasteiger partial charge in [0.2, 0.25) is 11.9 Å². The van der Waals surface area contributed by atoms with Crippen LogP contribution in [0.1, 0.15) is 32.0 Å². The summed E-state index contributed by atoms with van der Waals surface area (Å²) in [5.74, 6) is 0.262. The molecule has 2 N–H and O–H groups in total. The van der Waals surface area contributed by atoms with Gasteiger partial charge in [-0.05, 0) is 12.8 Å². The number of nitrogen functional groups attached to an aromatic ring is 1. The molecule has 6 heteroatoms. The third-order valence-corrected chi connectivity index (χ3v) is 3.36. The molecule has 0 saturated heterocycles. The topological polar surface area (TPSA) is 69.1 Å². The highest BCUT2D eigenvalue weighted by Gasteiger charge is 2.38. The van der Waals surface area contributed by atoms with Gasteiger partial charge in [-0.25, -0.2) is 14.5 Å². The number of nitrogens with zero attached hydrogens (tertiary/aromatic N) is 4. The maximum Gasteiger partial charge on any atom is 0.242 e. The van der Waals surface area contributed by atoms with Gasteiger partial charge in [-0.2, -0.15) is 4.39 Å². The molecule has 0 amide bonds. The fraction of sp³-hybridized carbons (Fsp3) is 0.500. The molecule has 0 aromatic carbocycles. The van der Waals surface area contributed by atoms with E-state index in [1.165, 1.54) is 10.7 Å². The summed E-state index contributed by atoms with van der Waals surface area (Å²) in [4.78, 5) is 7.74. The predicted molar refractivity (Wildman–Crippen MR) is 56.4 cm³/mol. The molecule has 0 unspecified atom stereocenters. The van der Waals surface area contributed by atoms with Gasteiger partial charge in [-0.3, -0.25) is 0 Å². The zero-order chi connectivity index (χ0) is 11.3. The number of hydrogen-bond acceptors (Lipinski definition) is 4. The number of imidazole rings is 1. The molecule has 3 rings (SSSR count). The number of anilines is 1. The van der Waals surface area contributed by atoms with Gasteiger partial charge in [0.1, 0.15) is 11.3 Å². The van der Waals surface area contributed by atoms with Crippen LogP contribution in [-0.2, 0) is 5.41 Å². The molecule has 2 heterocycles. The first-order valence-corrected chi connectivity index (χ1v) is 5.27. The van der Waals surface area contributed by atoms with Gasteiger partial charge in [0.25, 0.3) is 0 Å². The monoisotopic (exact) mass is 221 g/mol. The SMILES string of the molecule is CC1(c2nc(F)c3cnc(N)nn23)CCC1. The third kappa shape index (κ3) is 1.12. The lowest BCUT2D eigenvalue weighted by Crippen LogP contribution is -2.33. The Morgan fingerprint density at radius 3 is 2.88 bits per heavy atom. The van der Waals surface area contributed by atoms with Gasteiger partial charge in [-0.1, -0.05) is 13.3 Å². The lowest BCUT2D eigenvalue weighted by atomic mass is 9.70. The predicted octanol–water partition coefficient (Wildman–Crippen LogP) is 1.29. The van der Waals surface area contributed by atoms with Crippen LogP contribution in [0.5, 0.6) is 0 Å². The minimum atomic E-state index is -0.525. The molecule has 0 aliphatic heterocycles. The molecule has 0 atom stereocenters. The molecular weight excluding hydrogens is 209 g/mol. The van der Waals surface area contributed by atoms with E-state index in [0.29, 0.717) is 5.82 Å². The first-order valence-electron chi connectivity index (χ1n) is 5.27. The minimum absolute atomic E-state index is 0.0753. The Morgan fingerprint density at radius 2 is 2.25 bits per heavy atom. The van der Waals surface area contributed by atoms with E-state index in [1.54, 1.807) is 0 Å². The number of rotatable bonds is 1. The van der Waals surface area contributed by atoms with Crippen molar-refractivity contribution in [2.45, 2.75) is 31.6 Å². The largest absolute Gasteiger partial charge is 0.367 e. The Labute approximate surface area is 91.5 Å². The summed E-state index contributed by atoms with van der Waals surface area (Å²) in [6.45, 7) is 2.07. The fourth-order valence-electron chi connectivity index (χ4n) is 2.19. The maximum absolute atomic E-state index is 13.6. The zero-order valence-electron chi connectivity index (χ0n) is 8.94. The van der Waals surface area contributed by atoms with Crippen molar-refractivity contribution in [3.8, 4) is 0 Å². The van der Waals surface area contributed by atoms with Crippen molar-refractivity contribution in [2.75, 3.05) is 5.73 Å². The molecule has 2 aromatic rings. The molecule has 84 valence electrons. The number of fused-ring (bicyclic) bond motifs is 1. The second kappa shape index (κ2) is 2.90. The standard InChI is InChI=1S/C10H12FN5/c1-10(3-2-4-10)8-14-7(11)6-5-13-9(12)15-16(6)8/h5H,2-4H2,1H3,(H2,12,15). The highest BCUT2D eigenvalue weighted by molar-refractivity contribution is 5.46. The van der Waals surface area contributed by atoms with Crippen LogP contribution in [0.3, 0.4) is 0 Å². The first kappa shape index (κ1) is 9.50. The molecule has 16 heavy (non-hydrogen) atoms. The lowest BCUT2D eigenvalue weighted by Gasteiger charge is -2.36. The summed E-state index contributed by atoms with van der Waals surface area (Å²) < 4.78 is 15.1. The van der Waals surface area contributed by atoms with Crippen LogP contribution in [0.4, 0.5) is 10.3 Å². The van der Waals surface area contributed by atoms with Gasteiger partial charge in [0.05, 0.1) is 6.20 Å². The smallest absolute Gasteiger partial charge is 0.242 e. The second-order valence-electron chi connectivity index (χ2n) is 4.55. The number of aromatic nitrogens is 4. The van der Waals surface area contributed by atoms with E-state index in [2.05, 4.69) is 22.0 Å². The zero-order valence-corrected chi connectivity index (χ0v) is 8.94. The van der Waals surface area contributed by atoms with Gasteiger partial charge in [0.15, 0.2) is 0 Å². The van der Waals surface area contributed by atoms with E-state index in [-0.39, 0.29) is 16.9 Å². The molecule has 2 aromatic heterocycles. The summed E-state index contributed by atoms with van der Waals surface area (Å²) in [5, 5.41) is 4.03. The highest BCUT2D eigenvalue weighted by Crippen LogP contribution is 2.42. The molecule has 1 saturated carbocycles. The van der Waals surface area contributed by atoms with Crippen molar-refractivity contribution in [1.82, 2.24) is 19.6 Å². The van der Waals surface area contributed by atoms with Crippen LogP contribution in [0.15, 0.2) is 6.20 Å². The van der Waals surface area contributed by atoms with Gasteiger partial charge in [-0.15, -0.1) is 5.10 Å². The quantitative estimate of drug-likeness (QED) is 0.787. The molecule has 0 bridgehead atoms. The molecule has 1 aliphatic rings. The summed E-state index contributed by atoms with van der Waals surface area (Å²) in [6.07, 6.45) is 4.54. The van der Waals surface area contributed by atoms with E-state index in [0.717, 1.165) is 19.3 Å². The Hall–Kier alpha value is -1.72. The summed E-state index contributed by atoms with van der Waals surface area (Å²) in [5.41, 5.74) is 5.73. The Bertz CT molecular complexity index is 558. The summed E-state index contributed by atoms with van der Waals surface area (Å²) in [7, 11) is 0. The van der Waals surface area contributed by atoms with Crippen LogP contribution in [0.25, 0.3) is 5.52 Å². The molecule has 1 fully saturated rings. The number of halogens is 1. The third-order valence-electron chi connectivity index (χ3n) is 3.36. The lowest BCUT2D eigenvalue weighted by molar-refractivity contribution is 0.251. The number of hydrogen-bond donors (Lipinski definition) is 1. The van der Waals surface area contributed by atoms with Crippen molar-refractivity contribution in [3.05, 3.63) is 18.0 Å². The van der Waals surface area contributed by atoms with Crippen LogP contribution in [0.2, 0.25) is 0 Å². The van der Waals surface area contributed by atoms with Gasteiger partial charge < -0.3 is 5.73 Å². The van der Waals surface area contributed by atoms with Crippen LogP contribution >= 0.6 is 0 Å². The van der Waals surface area contributed by atoms with Crippen LogP contribution in [0, 0.1) is 5.95 Å². The minimum Gasteiger partial charge on any atom is -0.367 e. The van der Waals surface area contributed by atoms with Crippen LogP contribution in [-0.4, -0.2) is 19.6 Å². The first-order chi connectivity index (χ1) is 7.60. The van der Waals surface area contributed by atoms with Crippen molar-refractivity contribution in [2.24, 2.45) is 0 Å². The van der Waals surface area contributed by atoms with E-state index < -0.39 is 5.95 Å². The molecular formula is C10H12FN5. The normalized spacial score (nSPS) is 18.6. The Kier molecular flexibility index (Phi) is 1.72. The maximum atomic E-state index is 13.6. The van der Waals surface area contributed by atoms with E-state index in [9.17, 15) is 4.39 Å². The summed E-state index contributed by atoms with van der Waals surface area (Å²) >= 11 is 0. The molecule has 0 spiro atoms. The molecule has 1 aliphatic carbocycles. The summed E-state index contributed by atoms with van der Waals surface area (Å²) in [6, 6.07) is 0. The highest BCUT2D eigenvalue weighted by atomic mass is 19.1. The van der Waals surface area contributed by atoms with E-state index >= 15 is 0 Å². The Morgan fingerprint density at radius 1 is 1.50 bits per heavy atom. The average molecular weight is 221 g/mol. The van der Waals surface area contributed by atoms with E-state index in [4.69, 9.17) is 5.73 Å². The van der Waals surface area contributed by atoms with Crippen molar-refractivity contribution in [1.29, 1.82) is 0 Å². The number of nitrogens with two attached hydrogens (primary N) is 1. The van der Waals surface area contributed by atoms with Crippen molar-refractivity contribution >= 4 is 11.5 Å². The Balaban J connectivity index is 2.28. The van der Waals surface area contributed by atoms with Crippen molar-refractivity contribution < 1.29 is 4.39 Å². The van der Waals surface area contributed by atoms with Gasteiger partial charge in [0, 0.05) is 5.41 Å². The molecule has 0 radical (unpaired) electrons. The second-order valence-corrected chi connectivity index (χ2v) is 4.55. The molecule has 5 nitrogen and oxygen atoms in total. The van der Waals surface area contributed by atoms with Crippen LogP contribution < -0.4 is 5.73 Å². The van der Waals surface area contributed by atoms with Crippen molar-refractivity contribution in [3.63, 3.8) is 0 Å². The van der Waals surface area contributed by atoms with Gasteiger partial charge >= 0.3 is 0 Å².